The van der Waals surface area contributed by atoms with Crippen molar-refractivity contribution in [2.75, 3.05) is 17.8 Å². The highest BCUT2D eigenvalue weighted by Crippen LogP contribution is 2.31. The summed E-state index contributed by atoms with van der Waals surface area (Å²) in [5.41, 5.74) is 1.47. The lowest BCUT2D eigenvalue weighted by Crippen LogP contribution is -2.18. The third-order valence-electron chi connectivity index (χ3n) is 5.60. The van der Waals surface area contributed by atoms with E-state index in [1.54, 1.807) is 18.3 Å². The molecule has 1 aliphatic rings. The van der Waals surface area contributed by atoms with Crippen LogP contribution in [0.15, 0.2) is 47.5 Å². The van der Waals surface area contributed by atoms with Gasteiger partial charge in [-0.1, -0.05) is 38.1 Å². The van der Waals surface area contributed by atoms with Crippen LogP contribution in [0.2, 0.25) is 0 Å². The van der Waals surface area contributed by atoms with E-state index in [2.05, 4.69) is 20.4 Å². The summed E-state index contributed by atoms with van der Waals surface area (Å²) in [4.78, 5) is 0.0139. The molecule has 1 atom stereocenters. The molecule has 7 nitrogen and oxygen atoms in total. The molecule has 0 saturated carbocycles. The van der Waals surface area contributed by atoms with Crippen LogP contribution in [0.3, 0.4) is 0 Å². The summed E-state index contributed by atoms with van der Waals surface area (Å²) in [6.07, 6.45) is 2.39. The molecule has 32 heavy (non-hydrogen) atoms. The highest BCUT2D eigenvalue weighted by molar-refractivity contribution is 7.92. The van der Waals surface area contributed by atoms with Gasteiger partial charge in [-0.15, -0.1) is 5.10 Å². The summed E-state index contributed by atoms with van der Waals surface area (Å²) in [7, 11) is -4.06. The zero-order valence-electron chi connectivity index (χ0n) is 18.1. The first-order chi connectivity index (χ1) is 15.1. The quantitative estimate of drug-likeness (QED) is 0.605. The summed E-state index contributed by atoms with van der Waals surface area (Å²) < 4.78 is 58.1. The molecule has 3 aromatic rings. The van der Waals surface area contributed by atoms with Crippen LogP contribution in [-0.2, 0) is 15.4 Å². The number of nitrogens with one attached hydrogen (secondary N) is 2. The van der Waals surface area contributed by atoms with Gasteiger partial charge in [-0.3, -0.25) is 4.72 Å². The molecule has 2 heterocycles. The molecule has 0 radical (unpaired) electrons. The molecule has 4 rings (SSSR count). The van der Waals surface area contributed by atoms with E-state index in [1.165, 1.54) is 16.8 Å². The second-order valence-electron chi connectivity index (χ2n) is 8.92. The van der Waals surface area contributed by atoms with Crippen molar-refractivity contribution in [3.05, 3.63) is 65.5 Å². The molecule has 1 aromatic heterocycles. The van der Waals surface area contributed by atoms with Crippen LogP contribution in [0, 0.1) is 11.6 Å². The average Bonchev–Trinajstić information content (AvgIpc) is 3.41. The number of hydrogen-bond acceptors (Lipinski definition) is 5. The van der Waals surface area contributed by atoms with E-state index in [-0.39, 0.29) is 27.6 Å². The van der Waals surface area contributed by atoms with Gasteiger partial charge in [0.1, 0.15) is 0 Å². The van der Waals surface area contributed by atoms with E-state index in [1.807, 2.05) is 20.8 Å². The van der Waals surface area contributed by atoms with Gasteiger partial charge in [-0.05, 0) is 36.1 Å². The third kappa shape index (κ3) is 4.37. The van der Waals surface area contributed by atoms with Gasteiger partial charge in [0.25, 0.3) is 10.0 Å². The second kappa shape index (κ2) is 8.25. The molecule has 170 valence electrons. The normalized spacial score (nSPS) is 17.0. The van der Waals surface area contributed by atoms with Gasteiger partial charge < -0.3 is 5.32 Å². The van der Waals surface area contributed by atoms with Gasteiger partial charge in [-0.2, -0.15) is 0 Å². The largest absolute Gasteiger partial charge is 0.316 e. The summed E-state index contributed by atoms with van der Waals surface area (Å²) in [6.45, 7) is 7.59. The first-order valence-corrected chi connectivity index (χ1v) is 11.8. The predicted octanol–water partition coefficient (Wildman–Crippen LogP) is 3.72. The maximum Gasteiger partial charge on any atom is 0.261 e. The van der Waals surface area contributed by atoms with E-state index in [4.69, 9.17) is 0 Å². The van der Waals surface area contributed by atoms with E-state index < -0.39 is 21.7 Å². The zero-order valence-corrected chi connectivity index (χ0v) is 18.9. The lowest BCUT2D eigenvalue weighted by atomic mass is 9.87. The molecule has 0 amide bonds. The highest BCUT2D eigenvalue weighted by Gasteiger charge is 2.25. The van der Waals surface area contributed by atoms with E-state index in [0.29, 0.717) is 12.2 Å². The van der Waals surface area contributed by atoms with Crippen molar-refractivity contribution < 1.29 is 17.2 Å². The summed E-state index contributed by atoms with van der Waals surface area (Å²) in [5.74, 6) is -2.20. The second-order valence-corrected chi connectivity index (χ2v) is 10.6. The lowest BCUT2D eigenvalue weighted by Gasteiger charge is -2.19. The van der Waals surface area contributed by atoms with Gasteiger partial charge in [-0.25, -0.2) is 21.9 Å². The Labute approximate surface area is 185 Å². The summed E-state index contributed by atoms with van der Waals surface area (Å²) >= 11 is 0. The van der Waals surface area contributed by atoms with Crippen molar-refractivity contribution in [2.45, 2.75) is 43.4 Å². The minimum absolute atomic E-state index is 0.0139. The molecule has 1 aliphatic heterocycles. The van der Waals surface area contributed by atoms with Crippen LogP contribution in [0.25, 0.3) is 5.69 Å². The van der Waals surface area contributed by atoms with E-state index >= 15 is 0 Å². The fourth-order valence-electron chi connectivity index (χ4n) is 3.75. The number of sulfonamides is 1. The summed E-state index contributed by atoms with van der Waals surface area (Å²) in [6, 6.07) is 8.22. The Morgan fingerprint density at radius 3 is 2.44 bits per heavy atom. The molecular formula is C22H25F2N5O2S. The molecule has 0 bridgehead atoms. The number of aromatic nitrogens is 3. The monoisotopic (exact) mass is 461 g/mol. The molecule has 2 N–H and O–H groups in total. The van der Waals surface area contributed by atoms with Crippen LogP contribution in [0.4, 0.5) is 14.5 Å². The third-order valence-corrected chi connectivity index (χ3v) is 6.98. The summed E-state index contributed by atoms with van der Waals surface area (Å²) in [5, 5.41) is 11.2. The van der Waals surface area contributed by atoms with Gasteiger partial charge in [0.15, 0.2) is 11.6 Å². The van der Waals surface area contributed by atoms with Crippen LogP contribution < -0.4 is 10.0 Å². The van der Waals surface area contributed by atoms with Gasteiger partial charge in [0, 0.05) is 24.6 Å². The number of nitrogens with zero attached hydrogens (tertiary/aromatic N) is 3. The first kappa shape index (κ1) is 22.3. The van der Waals surface area contributed by atoms with Gasteiger partial charge in [0.05, 0.1) is 28.2 Å². The number of rotatable bonds is 5. The Hall–Kier alpha value is -2.85. The molecule has 0 aliphatic carbocycles. The van der Waals surface area contributed by atoms with Crippen LogP contribution >= 0.6 is 0 Å². The van der Waals surface area contributed by atoms with Crippen molar-refractivity contribution in [3.63, 3.8) is 0 Å². The molecule has 10 heteroatoms. The molecule has 1 unspecified atom stereocenters. The number of hydrogen-bond donors (Lipinski definition) is 2. The lowest BCUT2D eigenvalue weighted by molar-refractivity contribution is 0.507. The predicted molar refractivity (Wildman–Crippen MR) is 117 cm³/mol. The first-order valence-electron chi connectivity index (χ1n) is 10.3. The molecular weight excluding hydrogens is 436 g/mol. The number of benzene rings is 2. The van der Waals surface area contributed by atoms with Crippen LogP contribution in [-0.4, -0.2) is 36.5 Å². The SMILES string of the molecule is CC(C)(C)c1ccc(S(=O)(=O)Nc2cc(F)c(F)cc2-n2nncc2C2CCNC2)cc1. The maximum atomic E-state index is 14.1. The Morgan fingerprint density at radius 2 is 1.81 bits per heavy atom. The molecule has 1 fully saturated rings. The fraction of sp³-hybridized carbons (Fsp3) is 0.364. The molecule has 1 saturated heterocycles. The highest BCUT2D eigenvalue weighted by atomic mass is 32.2. The zero-order chi connectivity index (χ0) is 23.1. The Balaban J connectivity index is 1.73. The van der Waals surface area contributed by atoms with Crippen molar-refractivity contribution in [3.8, 4) is 5.69 Å². The van der Waals surface area contributed by atoms with Gasteiger partial charge >= 0.3 is 0 Å². The van der Waals surface area contributed by atoms with E-state index in [0.717, 1.165) is 30.7 Å². The topological polar surface area (TPSA) is 88.9 Å². The van der Waals surface area contributed by atoms with Crippen molar-refractivity contribution in [1.29, 1.82) is 0 Å². The van der Waals surface area contributed by atoms with Crippen LogP contribution in [0.5, 0.6) is 0 Å². The maximum absolute atomic E-state index is 14.1. The Morgan fingerprint density at radius 1 is 1.12 bits per heavy atom. The Kier molecular flexibility index (Phi) is 5.76. The molecule has 2 aromatic carbocycles. The minimum Gasteiger partial charge on any atom is -0.316 e. The van der Waals surface area contributed by atoms with Crippen molar-refractivity contribution in [1.82, 2.24) is 20.3 Å². The van der Waals surface area contributed by atoms with Crippen molar-refractivity contribution in [2.24, 2.45) is 0 Å². The van der Waals surface area contributed by atoms with E-state index in [9.17, 15) is 17.2 Å². The number of halogens is 2. The smallest absolute Gasteiger partial charge is 0.261 e. The fourth-order valence-corrected chi connectivity index (χ4v) is 4.81. The molecule has 0 spiro atoms. The number of anilines is 1. The van der Waals surface area contributed by atoms with Crippen LogP contribution in [0.1, 0.15) is 44.4 Å². The minimum atomic E-state index is -4.06. The van der Waals surface area contributed by atoms with Gasteiger partial charge in [0.2, 0.25) is 0 Å². The standard InChI is InChI=1S/C22H25F2N5O2S/c1-22(2,3)15-4-6-16(7-5-15)32(30,31)27-19-10-17(23)18(24)11-20(19)29-21(13-26-28-29)14-8-9-25-12-14/h4-7,10-11,13-14,25,27H,8-9,12H2,1-3H3. The Bertz CT molecular complexity index is 1230. The van der Waals surface area contributed by atoms with Crippen molar-refractivity contribution >= 4 is 15.7 Å². The average molecular weight is 462 g/mol.